The average molecular weight is 447 g/mol. The van der Waals surface area contributed by atoms with Crippen LogP contribution in [0.4, 0.5) is 0 Å². The fourth-order valence-electron chi connectivity index (χ4n) is 4.59. The molecule has 33 heavy (non-hydrogen) atoms. The van der Waals surface area contributed by atoms with Crippen LogP contribution in [0.5, 0.6) is 0 Å². The number of carbonyl (C=O) groups is 2. The molecule has 0 unspecified atom stereocenters. The summed E-state index contributed by atoms with van der Waals surface area (Å²) in [5.41, 5.74) is 7.65. The maximum atomic E-state index is 13.5. The van der Waals surface area contributed by atoms with Crippen molar-refractivity contribution in [2.24, 2.45) is 11.7 Å². The van der Waals surface area contributed by atoms with Gasteiger partial charge < -0.3 is 19.8 Å². The van der Waals surface area contributed by atoms with Crippen LogP contribution in [0.25, 0.3) is 22.3 Å². The standard InChI is InChI=1S/C25H25N3O5/c1-4-25(33-23(30)20(26)13(2)3)17-10-19-21-15(9-14-7-5-6-8-18(14)27-21)11-28(19)22(29)16(17)12-32-24(25)31/h5-10,13,20H,4,11-12,26H2,1-3H3/t20-,25-/m0/s1. The Labute approximate surface area is 190 Å². The molecule has 0 fully saturated rings. The van der Waals surface area contributed by atoms with E-state index in [4.69, 9.17) is 20.2 Å². The summed E-state index contributed by atoms with van der Waals surface area (Å²) < 4.78 is 12.7. The Balaban J connectivity index is 1.70. The number of cyclic esters (lactones) is 1. The largest absolute Gasteiger partial charge is 0.457 e. The van der Waals surface area contributed by atoms with Gasteiger partial charge in [-0.05, 0) is 30.5 Å². The van der Waals surface area contributed by atoms with E-state index in [0.29, 0.717) is 29.1 Å². The summed E-state index contributed by atoms with van der Waals surface area (Å²) in [6, 6.07) is 10.6. The predicted octanol–water partition coefficient (Wildman–Crippen LogP) is 2.61. The van der Waals surface area contributed by atoms with Gasteiger partial charge in [0.05, 0.1) is 29.0 Å². The molecule has 2 aliphatic rings. The van der Waals surface area contributed by atoms with Crippen molar-refractivity contribution in [3.63, 3.8) is 0 Å². The Morgan fingerprint density at radius 2 is 2.03 bits per heavy atom. The van der Waals surface area contributed by atoms with E-state index in [2.05, 4.69) is 0 Å². The minimum absolute atomic E-state index is 0.107. The van der Waals surface area contributed by atoms with Gasteiger partial charge in [0, 0.05) is 16.5 Å². The Bertz CT molecular complexity index is 1380. The van der Waals surface area contributed by atoms with Crippen molar-refractivity contribution in [2.45, 2.75) is 52.0 Å². The van der Waals surface area contributed by atoms with Crippen LogP contribution in [0.1, 0.15) is 43.9 Å². The molecule has 170 valence electrons. The SMILES string of the molecule is CC[C@@]1(OC(=O)[C@@H](N)C(C)C)C(=O)OCc2c1cc1n(c2=O)Cc2cc3ccccc3nc2-1. The molecule has 8 nitrogen and oxygen atoms in total. The number of benzene rings is 1. The number of hydrogen-bond donors (Lipinski definition) is 1. The number of nitrogens with two attached hydrogens (primary N) is 1. The van der Waals surface area contributed by atoms with Crippen molar-refractivity contribution in [1.29, 1.82) is 0 Å². The van der Waals surface area contributed by atoms with Gasteiger partial charge in [-0.3, -0.25) is 9.59 Å². The Morgan fingerprint density at radius 3 is 2.76 bits per heavy atom. The highest BCUT2D eigenvalue weighted by Crippen LogP contribution is 2.41. The average Bonchev–Trinajstić information content (AvgIpc) is 3.16. The van der Waals surface area contributed by atoms with Gasteiger partial charge in [-0.25, -0.2) is 9.78 Å². The second-order valence-electron chi connectivity index (χ2n) is 8.95. The Morgan fingerprint density at radius 1 is 1.27 bits per heavy atom. The molecule has 0 saturated carbocycles. The third-order valence-corrected chi connectivity index (χ3v) is 6.65. The van der Waals surface area contributed by atoms with Crippen LogP contribution >= 0.6 is 0 Å². The minimum atomic E-state index is -1.73. The third-order valence-electron chi connectivity index (χ3n) is 6.65. The van der Waals surface area contributed by atoms with Gasteiger partial charge in [0.1, 0.15) is 12.6 Å². The highest BCUT2D eigenvalue weighted by Gasteiger charge is 2.51. The smallest absolute Gasteiger partial charge is 0.355 e. The molecule has 0 spiro atoms. The summed E-state index contributed by atoms with van der Waals surface area (Å²) in [5.74, 6) is -1.59. The number of pyridine rings is 2. The summed E-state index contributed by atoms with van der Waals surface area (Å²) in [4.78, 5) is 44.1. The summed E-state index contributed by atoms with van der Waals surface area (Å²) in [7, 11) is 0. The van der Waals surface area contributed by atoms with Gasteiger partial charge in [0.15, 0.2) is 0 Å². The Hall–Kier alpha value is -3.52. The van der Waals surface area contributed by atoms with E-state index in [0.717, 1.165) is 16.5 Å². The van der Waals surface area contributed by atoms with E-state index in [1.807, 2.05) is 30.3 Å². The first-order valence-corrected chi connectivity index (χ1v) is 11.1. The lowest BCUT2D eigenvalue weighted by atomic mass is 9.85. The van der Waals surface area contributed by atoms with Crippen LogP contribution < -0.4 is 11.3 Å². The van der Waals surface area contributed by atoms with Crippen molar-refractivity contribution in [2.75, 3.05) is 0 Å². The lowest BCUT2D eigenvalue weighted by Gasteiger charge is -2.36. The first-order chi connectivity index (χ1) is 15.8. The molecule has 0 saturated heterocycles. The van der Waals surface area contributed by atoms with Crippen molar-refractivity contribution in [3.05, 3.63) is 63.4 Å². The third kappa shape index (κ3) is 3.08. The molecule has 0 amide bonds. The fraction of sp³-hybridized carbons (Fsp3) is 0.360. The molecule has 4 heterocycles. The maximum absolute atomic E-state index is 13.5. The molecule has 0 radical (unpaired) electrons. The van der Waals surface area contributed by atoms with Crippen molar-refractivity contribution < 1.29 is 19.1 Å². The van der Waals surface area contributed by atoms with Gasteiger partial charge >= 0.3 is 11.9 Å². The number of ether oxygens (including phenoxy) is 2. The zero-order chi connectivity index (χ0) is 23.5. The summed E-state index contributed by atoms with van der Waals surface area (Å²) in [6.07, 6.45) is 0.107. The van der Waals surface area contributed by atoms with Gasteiger partial charge in [0.25, 0.3) is 5.56 Å². The van der Waals surface area contributed by atoms with E-state index < -0.39 is 23.6 Å². The second-order valence-corrected chi connectivity index (χ2v) is 8.95. The molecule has 8 heteroatoms. The molecular formula is C25H25N3O5. The molecule has 5 rings (SSSR count). The number of nitrogens with zero attached hydrogens (tertiary/aromatic N) is 2. The van der Waals surface area contributed by atoms with E-state index in [1.54, 1.807) is 31.4 Å². The number of hydrogen-bond acceptors (Lipinski definition) is 7. The molecule has 1 aromatic carbocycles. The van der Waals surface area contributed by atoms with Crippen molar-refractivity contribution >= 4 is 22.8 Å². The summed E-state index contributed by atoms with van der Waals surface area (Å²) >= 11 is 0. The normalized spacial score (nSPS) is 19.6. The van der Waals surface area contributed by atoms with E-state index >= 15 is 0 Å². The van der Waals surface area contributed by atoms with Crippen LogP contribution in [-0.2, 0) is 37.8 Å². The van der Waals surface area contributed by atoms with Gasteiger partial charge in [0.2, 0.25) is 5.60 Å². The molecule has 2 aliphatic heterocycles. The number of para-hydroxylation sites is 1. The van der Waals surface area contributed by atoms with E-state index in [9.17, 15) is 14.4 Å². The topological polar surface area (TPSA) is 114 Å². The van der Waals surface area contributed by atoms with Crippen LogP contribution in [0, 0.1) is 5.92 Å². The number of fused-ring (bicyclic) bond motifs is 5. The lowest BCUT2D eigenvalue weighted by Crippen LogP contribution is -2.50. The number of rotatable bonds is 4. The lowest BCUT2D eigenvalue weighted by molar-refractivity contribution is -0.190. The van der Waals surface area contributed by atoms with Crippen LogP contribution in [0.15, 0.2) is 41.2 Å². The van der Waals surface area contributed by atoms with Crippen molar-refractivity contribution in [3.8, 4) is 11.4 Å². The van der Waals surface area contributed by atoms with Gasteiger partial charge in [-0.15, -0.1) is 0 Å². The van der Waals surface area contributed by atoms with Gasteiger partial charge in [-0.2, -0.15) is 0 Å². The molecular weight excluding hydrogens is 422 g/mol. The first-order valence-electron chi connectivity index (χ1n) is 11.1. The highest BCUT2D eigenvalue weighted by molar-refractivity contribution is 5.89. The summed E-state index contributed by atoms with van der Waals surface area (Å²) in [5, 5.41) is 0.986. The number of esters is 2. The van der Waals surface area contributed by atoms with E-state index in [1.165, 1.54) is 0 Å². The molecule has 2 N–H and O–H groups in total. The predicted molar refractivity (Wildman–Crippen MR) is 121 cm³/mol. The monoisotopic (exact) mass is 447 g/mol. The summed E-state index contributed by atoms with van der Waals surface area (Å²) in [6.45, 7) is 5.51. The number of carbonyl (C=O) groups excluding carboxylic acids is 2. The second kappa shape index (κ2) is 7.52. The van der Waals surface area contributed by atoms with Crippen molar-refractivity contribution in [1.82, 2.24) is 9.55 Å². The fourth-order valence-corrected chi connectivity index (χ4v) is 4.59. The first kappa shape index (κ1) is 21.3. The molecule has 0 bridgehead atoms. The van der Waals surface area contributed by atoms with Crippen LogP contribution in [0.2, 0.25) is 0 Å². The minimum Gasteiger partial charge on any atom is -0.457 e. The molecule has 3 aromatic rings. The number of aromatic nitrogens is 2. The highest BCUT2D eigenvalue weighted by atomic mass is 16.6. The van der Waals surface area contributed by atoms with Crippen LogP contribution in [-0.4, -0.2) is 27.5 Å². The van der Waals surface area contributed by atoms with Crippen LogP contribution in [0.3, 0.4) is 0 Å². The molecule has 2 aromatic heterocycles. The van der Waals surface area contributed by atoms with E-state index in [-0.39, 0.29) is 24.5 Å². The molecule has 2 atom stereocenters. The maximum Gasteiger partial charge on any atom is 0.355 e. The Kier molecular flexibility index (Phi) is 4.86. The van der Waals surface area contributed by atoms with Gasteiger partial charge in [-0.1, -0.05) is 39.0 Å². The quantitative estimate of drug-likeness (QED) is 0.478. The molecule has 0 aliphatic carbocycles. The zero-order valence-corrected chi connectivity index (χ0v) is 18.8. The zero-order valence-electron chi connectivity index (χ0n) is 18.8.